The first-order chi connectivity index (χ1) is 7.37. The van der Waals surface area contributed by atoms with Crippen molar-refractivity contribution in [3.8, 4) is 0 Å². The van der Waals surface area contributed by atoms with Gasteiger partial charge in [0.1, 0.15) is 5.76 Å². The zero-order valence-electron chi connectivity index (χ0n) is 10.6. The molecule has 0 radical (unpaired) electrons. The van der Waals surface area contributed by atoms with Gasteiger partial charge >= 0.3 is 0 Å². The minimum Gasteiger partial charge on any atom is -0.511 e. The van der Waals surface area contributed by atoms with Crippen LogP contribution < -0.4 is 0 Å². The highest BCUT2D eigenvalue weighted by Crippen LogP contribution is 2.36. The first-order valence-corrected chi connectivity index (χ1v) is 5.84. The van der Waals surface area contributed by atoms with Crippen LogP contribution in [0.25, 0.3) is 0 Å². The van der Waals surface area contributed by atoms with Crippen LogP contribution in [0, 0.1) is 5.41 Å². The predicted octanol–water partition coefficient (Wildman–Crippen LogP) is 3.06. The predicted molar refractivity (Wildman–Crippen MR) is 65.9 cm³/mol. The molecule has 0 aromatic carbocycles. The third kappa shape index (κ3) is 2.94. The first-order valence-electron chi connectivity index (χ1n) is 5.84. The number of nitrogens with zero attached hydrogens (tertiary/aromatic N) is 1. The fourth-order valence-electron chi connectivity index (χ4n) is 2.06. The molecule has 0 fully saturated rings. The lowest BCUT2D eigenvalue weighted by atomic mass is 9.76. The molecule has 0 saturated carbocycles. The molecule has 3 nitrogen and oxygen atoms in total. The largest absolute Gasteiger partial charge is 0.511 e. The maximum atomic E-state index is 11.9. The highest BCUT2D eigenvalue weighted by Gasteiger charge is 2.33. The van der Waals surface area contributed by atoms with E-state index in [4.69, 9.17) is 0 Å². The van der Waals surface area contributed by atoms with Crippen molar-refractivity contribution >= 4 is 11.5 Å². The summed E-state index contributed by atoms with van der Waals surface area (Å²) in [6.07, 6.45) is 2.00. The normalized spacial score (nSPS) is 21.5. The summed E-state index contributed by atoms with van der Waals surface area (Å²) in [6, 6.07) is 0. The number of aliphatic hydroxyl groups excluding tert-OH is 1. The number of allylic oxidation sites excluding steroid dienone is 2. The Morgan fingerprint density at radius 3 is 2.56 bits per heavy atom. The van der Waals surface area contributed by atoms with Gasteiger partial charge in [-0.2, -0.15) is 0 Å². The van der Waals surface area contributed by atoms with Crippen molar-refractivity contribution in [2.75, 3.05) is 6.54 Å². The van der Waals surface area contributed by atoms with Crippen LogP contribution in [0.2, 0.25) is 0 Å². The highest BCUT2D eigenvalue weighted by atomic mass is 16.3. The third-order valence-electron chi connectivity index (χ3n) is 2.79. The quantitative estimate of drug-likeness (QED) is 0.747. The Morgan fingerprint density at radius 2 is 2.06 bits per heavy atom. The number of Topliss-reactive ketones (excluding diaryl/α,β-unsaturated/α-hetero) is 1. The minimum atomic E-state index is -0.129. The molecular weight excluding hydrogens is 202 g/mol. The number of hydrogen-bond donors (Lipinski definition) is 1. The first kappa shape index (κ1) is 12.9. The Balaban J connectivity index is 2.99. The van der Waals surface area contributed by atoms with E-state index in [1.54, 1.807) is 6.92 Å². The fourth-order valence-corrected chi connectivity index (χ4v) is 2.06. The van der Waals surface area contributed by atoms with E-state index in [-0.39, 0.29) is 17.0 Å². The number of carbonyl (C=O) groups is 1. The molecule has 90 valence electrons. The standard InChI is InChI=1S/C13H21NO2/c1-5-6-14-9(2)12-10(15)7-13(3,4)8-11(12)16/h15H,5-8H2,1-4H3. The fraction of sp³-hybridized carbons (Fsp3) is 0.692. The molecule has 0 aromatic rings. The number of carbonyl (C=O) groups excluding carboxylic acids is 1. The van der Waals surface area contributed by atoms with E-state index in [0.717, 1.165) is 6.42 Å². The smallest absolute Gasteiger partial charge is 0.168 e. The molecule has 0 aromatic heterocycles. The number of ketones is 1. The summed E-state index contributed by atoms with van der Waals surface area (Å²) in [5, 5.41) is 9.92. The van der Waals surface area contributed by atoms with Gasteiger partial charge in [0, 0.05) is 25.1 Å². The van der Waals surface area contributed by atoms with Gasteiger partial charge in [0.2, 0.25) is 0 Å². The van der Waals surface area contributed by atoms with Gasteiger partial charge in [0.05, 0.1) is 5.57 Å². The highest BCUT2D eigenvalue weighted by molar-refractivity contribution is 6.22. The molecule has 16 heavy (non-hydrogen) atoms. The van der Waals surface area contributed by atoms with E-state index in [1.165, 1.54) is 0 Å². The molecule has 0 aliphatic heterocycles. The molecule has 0 bridgehead atoms. The van der Waals surface area contributed by atoms with Gasteiger partial charge < -0.3 is 5.11 Å². The zero-order valence-corrected chi connectivity index (χ0v) is 10.6. The average Bonchev–Trinajstić information content (AvgIpc) is 2.11. The average molecular weight is 223 g/mol. The van der Waals surface area contributed by atoms with Crippen LogP contribution in [-0.4, -0.2) is 23.1 Å². The van der Waals surface area contributed by atoms with E-state index in [9.17, 15) is 9.90 Å². The molecule has 0 atom stereocenters. The van der Waals surface area contributed by atoms with Crippen molar-refractivity contribution in [3.05, 3.63) is 11.3 Å². The SMILES string of the molecule is CCCN=C(C)C1=C(O)CC(C)(C)CC1=O. The minimum absolute atomic E-state index is 0.0195. The Kier molecular flexibility index (Phi) is 3.89. The van der Waals surface area contributed by atoms with Crippen molar-refractivity contribution in [2.24, 2.45) is 10.4 Å². The number of aliphatic imine (C=N–C) groups is 1. The second-order valence-corrected chi connectivity index (χ2v) is 5.23. The molecule has 0 unspecified atom stereocenters. The third-order valence-corrected chi connectivity index (χ3v) is 2.79. The van der Waals surface area contributed by atoms with Crippen molar-refractivity contribution in [2.45, 2.75) is 47.0 Å². The van der Waals surface area contributed by atoms with Crippen molar-refractivity contribution in [1.29, 1.82) is 0 Å². The van der Waals surface area contributed by atoms with E-state index in [0.29, 0.717) is 30.7 Å². The second kappa shape index (κ2) is 4.81. The summed E-state index contributed by atoms with van der Waals surface area (Å²) in [6.45, 7) is 8.54. The Labute approximate surface area is 97.3 Å². The maximum Gasteiger partial charge on any atom is 0.168 e. The van der Waals surface area contributed by atoms with Gasteiger partial charge in [0.25, 0.3) is 0 Å². The summed E-state index contributed by atoms with van der Waals surface area (Å²) in [7, 11) is 0. The van der Waals surface area contributed by atoms with Crippen LogP contribution >= 0.6 is 0 Å². The van der Waals surface area contributed by atoms with E-state index in [1.807, 2.05) is 20.8 Å². The van der Waals surface area contributed by atoms with Crippen LogP contribution in [0.3, 0.4) is 0 Å². The molecule has 1 aliphatic rings. The van der Waals surface area contributed by atoms with Crippen LogP contribution in [0.15, 0.2) is 16.3 Å². The molecule has 0 amide bonds. The van der Waals surface area contributed by atoms with Crippen LogP contribution in [0.5, 0.6) is 0 Å². The van der Waals surface area contributed by atoms with Gasteiger partial charge in [0.15, 0.2) is 5.78 Å². The Morgan fingerprint density at radius 1 is 1.44 bits per heavy atom. The van der Waals surface area contributed by atoms with E-state index >= 15 is 0 Å². The number of rotatable bonds is 3. The van der Waals surface area contributed by atoms with Gasteiger partial charge in [-0.05, 0) is 18.8 Å². The maximum absolute atomic E-state index is 11.9. The summed E-state index contributed by atoms with van der Waals surface area (Å²) >= 11 is 0. The van der Waals surface area contributed by atoms with Gasteiger partial charge in [-0.25, -0.2) is 0 Å². The molecule has 0 spiro atoms. The van der Waals surface area contributed by atoms with Crippen molar-refractivity contribution in [1.82, 2.24) is 0 Å². The zero-order chi connectivity index (χ0) is 12.3. The number of aliphatic hydroxyl groups is 1. The van der Waals surface area contributed by atoms with E-state index < -0.39 is 0 Å². The molecule has 1 N–H and O–H groups in total. The molecular formula is C13H21NO2. The summed E-state index contributed by atoms with van der Waals surface area (Å²) in [4.78, 5) is 16.2. The second-order valence-electron chi connectivity index (χ2n) is 5.23. The molecule has 1 rings (SSSR count). The lowest BCUT2D eigenvalue weighted by molar-refractivity contribution is -0.117. The summed E-state index contributed by atoms with van der Waals surface area (Å²) in [5.41, 5.74) is 1.00. The van der Waals surface area contributed by atoms with Crippen LogP contribution in [0.1, 0.15) is 47.0 Å². The molecule has 0 saturated heterocycles. The molecule has 3 heteroatoms. The number of hydrogen-bond acceptors (Lipinski definition) is 3. The summed E-state index contributed by atoms with van der Waals surface area (Å²) < 4.78 is 0. The Hall–Kier alpha value is -1.12. The van der Waals surface area contributed by atoms with Gasteiger partial charge in [-0.3, -0.25) is 9.79 Å². The lowest BCUT2D eigenvalue weighted by Gasteiger charge is -2.29. The lowest BCUT2D eigenvalue weighted by Crippen LogP contribution is -2.28. The van der Waals surface area contributed by atoms with Crippen LogP contribution in [0.4, 0.5) is 0 Å². The van der Waals surface area contributed by atoms with Gasteiger partial charge in [-0.15, -0.1) is 0 Å². The van der Waals surface area contributed by atoms with Crippen LogP contribution in [-0.2, 0) is 4.79 Å². The molecule has 0 heterocycles. The van der Waals surface area contributed by atoms with Crippen molar-refractivity contribution in [3.63, 3.8) is 0 Å². The van der Waals surface area contributed by atoms with E-state index in [2.05, 4.69) is 4.99 Å². The van der Waals surface area contributed by atoms with Gasteiger partial charge in [-0.1, -0.05) is 20.8 Å². The van der Waals surface area contributed by atoms with Crippen molar-refractivity contribution < 1.29 is 9.90 Å². The Bertz CT molecular complexity index is 351. The monoisotopic (exact) mass is 223 g/mol. The summed E-state index contributed by atoms with van der Waals surface area (Å²) in [5.74, 6) is 0.227. The molecule has 1 aliphatic carbocycles. The topological polar surface area (TPSA) is 49.7 Å².